The van der Waals surface area contributed by atoms with Gasteiger partial charge in [0.1, 0.15) is 24.5 Å². The van der Waals surface area contributed by atoms with Gasteiger partial charge in [-0.1, -0.05) is 17.7 Å². The van der Waals surface area contributed by atoms with Crippen LogP contribution in [0.15, 0.2) is 44.9 Å². The van der Waals surface area contributed by atoms with Crippen LogP contribution < -0.4 is 11.2 Å². The predicted octanol–water partition coefficient (Wildman–Crippen LogP) is -1.74. The molecule has 11 nitrogen and oxygen atoms in total. The second-order valence-electron chi connectivity index (χ2n) is 5.98. The van der Waals surface area contributed by atoms with Gasteiger partial charge in [-0.25, -0.2) is 4.79 Å². The number of H-pyrrole nitrogens is 1. The highest BCUT2D eigenvalue weighted by Crippen LogP contribution is 2.28. The molecule has 2 heterocycles. The molecule has 1 fully saturated rings. The van der Waals surface area contributed by atoms with E-state index in [0.717, 1.165) is 11.8 Å². The van der Waals surface area contributed by atoms with Crippen LogP contribution in [0, 0.1) is 6.92 Å². The molecule has 1 aliphatic heterocycles. The molecule has 0 aliphatic carbocycles. The minimum Gasteiger partial charge on any atom is -0.387 e. The first-order chi connectivity index (χ1) is 12.7. The molecule has 1 saturated heterocycles. The summed E-state index contributed by atoms with van der Waals surface area (Å²) < 4.78 is 35.3. The van der Waals surface area contributed by atoms with Crippen LogP contribution in [0.25, 0.3) is 0 Å². The second-order valence-corrected chi connectivity index (χ2v) is 7.60. The number of aryl methyl sites for hydroxylation is 1. The van der Waals surface area contributed by atoms with E-state index in [4.69, 9.17) is 8.92 Å². The molecular formula is C15H17N3O8S. The van der Waals surface area contributed by atoms with Gasteiger partial charge in [0.2, 0.25) is 0 Å². The number of rotatable bonds is 5. The van der Waals surface area contributed by atoms with Gasteiger partial charge in [-0.05, 0) is 19.1 Å². The molecule has 1 aliphatic rings. The van der Waals surface area contributed by atoms with Crippen LogP contribution in [0.4, 0.5) is 0 Å². The molecule has 1 aromatic heterocycles. The summed E-state index contributed by atoms with van der Waals surface area (Å²) in [6, 6.07) is 5.95. The van der Waals surface area contributed by atoms with Crippen LogP contribution >= 0.6 is 0 Å². The molecule has 0 bridgehead atoms. The Balaban J connectivity index is 1.73. The summed E-state index contributed by atoms with van der Waals surface area (Å²) in [5.41, 5.74) is -0.825. The van der Waals surface area contributed by atoms with Crippen LogP contribution in [0.5, 0.6) is 0 Å². The zero-order chi connectivity index (χ0) is 19.8. The number of aromatic amines is 1. The van der Waals surface area contributed by atoms with Gasteiger partial charge in [-0.15, -0.1) is 0 Å². The first kappa shape index (κ1) is 19.4. The SMILES string of the molecule is Cc1ccc(S(=O)(=O)OC[C@H]2O[C@@H](n3ncc(=O)[nH]c3=O)[C@@H](O)[C@@H]2O)cc1. The lowest BCUT2D eigenvalue weighted by Gasteiger charge is -2.15. The van der Waals surface area contributed by atoms with Crippen molar-refractivity contribution in [1.82, 2.24) is 14.8 Å². The molecule has 4 atom stereocenters. The summed E-state index contributed by atoms with van der Waals surface area (Å²) in [4.78, 5) is 24.7. The number of aromatic nitrogens is 3. The summed E-state index contributed by atoms with van der Waals surface area (Å²) >= 11 is 0. The number of aliphatic hydroxyl groups is 2. The van der Waals surface area contributed by atoms with E-state index in [1.54, 1.807) is 19.1 Å². The maximum Gasteiger partial charge on any atom is 0.347 e. The topological polar surface area (TPSA) is 161 Å². The van der Waals surface area contributed by atoms with Crippen LogP contribution in [-0.2, 0) is 19.0 Å². The molecule has 146 valence electrons. The van der Waals surface area contributed by atoms with Crippen molar-refractivity contribution in [2.45, 2.75) is 36.4 Å². The summed E-state index contributed by atoms with van der Waals surface area (Å²) in [5, 5.41) is 23.7. The third-order valence-corrected chi connectivity index (χ3v) is 5.31. The largest absolute Gasteiger partial charge is 0.387 e. The fourth-order valence-electron chi connectivity index (χ4n) is 2.54. The zero-order valence-corrected chi connectivity index (χ0v) is 14.9. The van der Waals surface area contributed by atoms with E-state index in [9.17, 15) is 28.2 Å². The fourth-order valence-corrected chi connectivity index (χ4v) is 3.46. The van der Waals surface area contributed by atoms with Gasteiger partial charge < -0.3 is 14.9 Å². The molecule has 0 saturated carbocycles. The van der Waals surface area contributed by atoms with Crippen molar-refractivity contribution in [1.29, 1.82) is 0 Å². The average Bonchev–Trinajstić information content (AvgIpc) is 2.89. The first-order valence-electron chi connectivity index (χ1n) is 7.85. The standard InChI is InChI=1S/C15H17N3O8S/c1-8-2-4-9(5-3-8)27(23,24)25-7-10-12(20)13(21)14(26-10)18-15(22)17-11(19)6-16-18/h2-6,10,12-14,20-21H,7H2,1H3,(H,17,19,22)/t10-,12-,13+,14-/m1/s1. The molecule has 0 spiro atoms. The van der Waals surface area contributed by atoms with Crippen LogP contribution in [-0.4, -0.2) is 58.3 Å². The van der Waals surface area contributed by atoms with Crippen LogP contribution in [0.2, 0.25) is 0 Å². The van der Waals surface area contributed by atoms with Crippen molar-refractivity contribution in [2.24, 2.45) is 0 Å². The van der Waals surface area contributed by atoms with Gasteiger partial charge in [0.15, 0.2) is 6.23 Å². The number of ether oxygens (including phenoxy) is 1. The van der Waals surface area contributed by atoms with Crippen LogP contribution in [0.3, 0.4) is 0 Å². The second kappa shape index (κ2) is 7.32. The van der Waals surface area contributed by atoms with Crippen molar-refractivity contribution in [3.05, 3.63) is 56.9 Å². The normalized spacial score (nSPS) is 25.6. The highest BCUT2D eigenvalue weighted by molar-refractivity contribution is 7.86. The van der Waals surface area contributed by atoms with Gasteiger partial charge in [0.25, 0.3) is 15.7 Å². The van der Waals surface area contributed by atoms with E-state index in [1.807, 2.05) is 4.98 Å². The predicted molar refractivity (Wildman–Crippen MR) is 89.4 cm³/mol. The summed E-state index contributed by atoms with van der Waals surface area (Å²) in [6.45, 7) is 1.21. The number of hydrogen-bond acceptors (Lipinski definition) is 9. The zero-order valence-electron chi connectivity index (χ0n) is 14.0. The van der Waals surface area contributed by atoms with Gasteiger partial charge >= 0.3 is 5.69 Å². The lowest BCUT2D eigenvalue weighted by atomic mass is 10.1. The molecule has 2 aromatic rings. The maximum absolute atomic E-state index is 12.2. The quantitative estimate of drug-likeness (QED) is 0.496. The number of benzene rings is 1. The number of nitrogens with one attached hydrogen (secondary N) is 1. The Morgan fingerprint density at radius 3 is 2.52 bits per heavy atom. The van der Waals surface area contributed by atoms with Crippen LogP contribution in [0.1, 0.15) is 11.8 Å². The summed E-state index contributed by atoms with van der Waals surface area (Å²) in [7, 11) is -4.11. The van der Waals surface area contributed by atoms with Gasteiger partial charge in [-0.3, -0.25) is 14.0 Å². The van der Waals surface area contributed by atoms with Crippen molar-refractivity contribution < 1.29 is 27.6 Å². The highest BCUT2D eigenvalue weighted by atomic mass is 32.2. The lowest BCUT2D eigenvalue weighted by molar-refractivity contribution is -0.0581. The van der Waals surface area contributed by atoms with Gasteiger partial charge in [0, 0.05) is 0 Å². The Morgan fingerprint density at radius 1 is 1.22 bits per heavy atom. The highest BCUT2D eigenvalue weighted by Gasteiger charge is 2.45. The number of hydrogen-bond donors (Lipinski definition) is 3. The third-order valence-electron chi connectivity index (χ3n) is 4.01. The summed E-state index contributed by atoms with van der Waals surface area (Å²) in [6.07, 6.45) is -4.98. The Hall–Kier alpha value is -2.38. The van der Waals surface area contributed by atoms with E-state index in [1.165, 1.54) is 12.1 Å². The maximum atomic E-state index is 12.2. The third kappa shape index (κ3) is 3.99. The molecule has 3 N–H and O–H groups in total. The van der Waals surface area contributed by atoms with E-state index in [0.29, 0.717) is 4.68 Å². The molecular weight excluding hydrogens is 382 g/mol. The minimum atomic E-state index is -4.11. The molecule has 0 unspecified atom stereocenters. The Bertz CT molecular complexity index is 1030. The minimum absolute atomic E-state index is 0.0730. The van der Waals surface area contributed by atoms with E-state index < -0.39 is 52.5 Å². The van der Waals surface area contributed by atoms with E-state index in [2.05, 4.69) is 5.10 Å². The van der Waals surface area contributed by atoms with Crippen molar-refractivity contribution in [2.75, 3.05) is 6.61 Å². The average molecular weight is 399 g/mol. The molecule has 3 rings (SSSR count). The number of aliphatic hydroxyl groups excluding tert-OH is 2. The lowest BCUT2D eigenvalue weighted by Crippen LogP contribution is -2.39. The summed E-state index contributed by atoms with van der Waals surface area (Å²) in [5.74, 6) is 0. The van der Waals surface area contributed by atoms with Crippen molar-refractivity contribution in [3.63, 3.8) is 0 Å². The molecule has 12 heteroatoms. The van der Waals surface area contributed by atoms with Crippen molar-refractivity contribution >= 4 is 10.1 Å². The van der Waals surface area contributed by atoms with E-state index >= 15 is 0 Å². The molecule has 0 amide bonds. The molecule has 0 radical (unpaired) electrons. The van der Waals surface area contributed by atoms with Gasteiger partial charge in [-0.2, -0.15) is 18.2 Å². The van der Waals surface area contributed by atoms with E-state index in [-0.39, 0.29) is 4.90 Å². The van der Waals surface area contributed by atoms with Crippen molar-refractivity contribution in [3.8, 4) is 0 Å². The fraction of sp³-hybridized carbons (Fsp3) is 0.400. The monoisotopic (exact) mass is 399 g/mol. The Morgan fingerprint density at radius 2 is 1.89 bits per heavy atom. The molecule has 27 heavy (non-hydrogen) atoms. The Kier molecular flexibility index (Phi) is 5.26. The smallest absolute Gasteiger partial charge is 0.347 e. The van der Waals surface area contributed by atoms with Gasteiger partial charge in [0.05, 0.1) is 11.5 Å². The first-order valence-corrected chi connectivity index (χ1v) is 9.26. The molecule has 1 aromatic carbocycles. The Labute approximate surface area is 152 Å². The number of nitrogens with zero attached hydrogens (tertiary/aromatic N) is 2.